The van der Waals surface area contributed by atoms with Gasteiger partial charge in [0.15, 0.2) is 20.0 Å². The maximum Gasteiger partial charge on any atom is 0.280 e. The minimum Gasteiger partial charge on any atom is -0.393 e. The number of aryl methyl sites for hydroxylation is 4. The van der Waals surface area contributed by atoms with Gasteiger partial charge in [0.2, 0.25) is 0 Å². The van der Waals surface area contributed by atoms with E-state index >= 15 is 0 Å². The Morgan fingerprint density at radius 2 is 0.692 bits per heavy atom. The first kappa shape index (κ1) is 108. The Balaban J connectivity index is 0.000000151. The molecule has 5 aliphatic carbocycles. The maximum atomic E-state index is 14.1. The molecule has 0 spiro atoms. The summed E-state index contributed by atoms with van der Waals surface area (Å²) in [7, 11) is 0. The summed E-state index contributed by atoms with van der Waals surface area (Å²) >= 11 is 4.46. The van der Waals surface area contributed by atoms with E-state index in [4.69, 9.17) is 0 Å². The van der Waals surface area contributed by atoms with E-state index in [1.807, 2.05) is 68.7 Å². The molecule has 8 aromatic rings. The number of carbonyl (C=O) groups excluding carboxylic acids is 8. The molecule has 0 bridgehead atoms. The predicted molar refractivity (Wildman–Crippen MR) is 550 cm³/mol. The predicted octanol–water partition coefficient (Wildman–Crippen LogP) is 17.2. The highest BCUT2D eigenvalue weighted by molar-refractivity contribution is 7.18. The molecule has 0 aromatic carbocycles. The number of hydrogen-bond acceptors (Lipinski definition) is 28. The highest BCUT2D eigenvalue weighted by Crippen LogP contribution is 2.46. The summed E-state index contributed by atoms with van der Waals surface area (Å²) in [6.45, 7) is 38.4. The quantitative estimate of drug-likeness (QED) is 0.0203. The second-order valence-electron chi connectivity index (χ2n) is 43.7. The summed E-state index contributed by atoms with van der Waals surface area (Å²) in [5, 5.41) is 65.8. The van der Waals surface area contributed by atoms with Gasteiger partial charge in [0, 0.05) is 126 Å². The number of aliphatic hydroxyl groups is 4. The number of carbonyl (C=O) groups is 8. The Kier molecular flexibility index (Phi) is 32.3. The van der Waals surface area contributed by atoms with Gasteiger partial charge in [0.1, 0.15) is 46.0 Å². The van der Waals surface area contributed by atoms with Gasteiger partial charge < -0.3 is 82.6 Å². The Morgan fingerprint density at radius 1 is 0.413 bits per heavy atom. The van der Waals surface area contributed by atoms with Gasteiger partial charge in [-0.2, -0.15) is 0 Å². The van der Waals surface area contributed by atoms with Crippen molar-refractivity contribution in [3.05, 3.63) is 114 Å². The van der Waals surface area contributed by atoms with Gasteiger partial charge in [-0.3, -0.25) is 38.4 Å². The first-order chi connectivity index (χ1) is 66.8. The van der Waals surface area contributed by atoms with Gasteiger partial charge in [-0.05, 0) is 307 Å². The van der Waals surface area contributed by atoms with Crippen LogP contribution in [-0.2, 0) is 0 Å². The molecule has 40 heteroatoms. The average Bonchev–Trinajstić information content (AvgIpc) is 1.65. The molecule has 776 valence electrons. The average molecular weight is 2050 g/mol. The zero-order chi connectivity index (χ0) is 104. The lowest BCUT2D eigenvalue weighted by Gasteiger charge is -2.39. The third kappa shape index (κ3) is 25.7. The van der Waals surface area contributed by atoms with E-state index in [0.717, 1.165) is 155 Å². The van der Waals surface area contributed by atoms with Crippen LogP contribution in [0, 0.1) is 33.6 Å². The molecule has 5 saturated carbocycles. The number of pyridine rings is 4. The Bertz CT molecular complexity index is 5880. The van der Waals surface area contributed by atoms with Crippen molar-refractivity contribution in [1.82, 2.24) is 80.7 Å². The fourth-order valence-corrected chi connectivity index (χ4v) is 22.8. The number of thiazole rings is 4. The fraction of sp³-hybridized carbons (Fsp3) is 0.612. The van der Waals surface area contributed by atoms with Crippen LogP contribution < -0.4 is 42.5 Å². The molecule has 143 heavy (non-hydrogen) atoms. The molecule has 4 saturated heterocycles. The van der Waals surface area contributed by atoms with Crippen LogP contribution in [-0.4, -0.2) is 259 Å². The van der Waals surface area contributed by atoms with Gasteiger partial charge in [0.05, 0.1) is 73.6 Å². The van der Waals surface area contributed by atoms with Gasteiger partial charge in [-0.25, -0.2) is 57.4 Å². The van der Waals surface area contributed by atoms with Crippen molar-refractivity contribution in [1.29, 1.82) is 0 Å². The Morgan fingerprint density at radius 3 is 0.930 bits per heavy atom. The van der Waals surface area contributed by atoms with Crippen molar-refractivity contribution >= 4 is 116 Å². The van der Waals surface area contributed by atoms with Crippen LogP contribution in [0.15, 0.2) is 49.1 Å². The Hall–Kier alpha value is -10.4. The molecule has 12 heterocycles. The lowest BCUT2D eigenvalue weighted by Crippen LogP contribution is -2.47. The van der Waals surface area contributed by atoms with Crippen molar-refractivity contribution in [2.45, 2.75) is 373 Å². The van der Waals surface area contributed by atoms with E-state index < -0.39 is 114 Å². The summed E-state index contributed by atoms with van der Waals surface area (Å²) in [6, 6.07) is 5.41. The highest BCUT2D eigenvalue weighted by atomic mass is 32.1. The normalized spacial score (nSPS) is 22.0. The SMILES string of the molecule is Cc1cc(NC2(C)CCC2)ncc1-c1sc(C(=O)N[C@@H](C)C(C)(C)O)nc1C(=O)N1CC(F)(F)C[C@@H]1C.Cc1cc(NC2(C)CCC2)ncc1-c1sc(C(=O)N[C@H](C)C(C)(C)O)nc1C(=O)N1CC(F)(F)C[C@@H]1C.Cc1cc(NC2(C)CCC2)ncc1-c1sc(C(=O)N[C@H](C)C(C)(C)O)nc1C(=O)N1CCC[C@@H]1C.Cc1cc(N[C@@H](C)C2CC2)ncc1-c1sc(C(=O)NC2CC(O)C2)nc1C(=O)N1CCC[C@@H]1C. The third-order valence-electron chi connectivity index (χ3n) is 29.8. The van der Waals surface area contributed by atoms with E-state index in [1.165, 1.54) is 41.9 Å². The van der Waals surface area contributed by atoms with Gasteiger partial charge in [0.25, 0.3) is 59.1 Å². The number of nitrogens with zero attached hydrogens (tertiary/aromatic N) is 12. The fourth-order valence-electron chi connectivity index (χ4n) is 18.6. The minimum absolute atomic E-state index is 0.00608. The molecule has 9 fully saturated rings. The number of rotatable bonds is 28. The monoisotopic (exact) mass is 2050 g/mol. The maximum absolute atomic E-state index is 14.1. The Labute approximate surface area is 850 Å². The summed E-state index contributed by atoms with van der Waals surface area (Å²) in [6.07, 6.45) is 23.2. The van der Waals surface area contributed by atoms with Gasteiger partial charge in [-0.1, -0.05) is 0 Å². The molecule has 12 N–H and O–H groups in total. The lowest BCUT2D eigenvalue weighted by atomic mass is 9.78. The summed E-state index contributed by atoms with van der Waals surface area (Å²) < 4.78 is 56.4. The zero-order valence-electron chi connectivity index (χ0n) is 85.8. The molecule has 4 aliphatic heterocycles. The van der Waals surface area contributed by atoms with Gasteiger partial charge >= 0.3 is 0 Å². The van der Waals surface area contributed by atoms with Crippen molar-refractivity contribution in [2.24, 2.45) is 5.92 Å². The number of halogens is 4. The summed E-state index contributed by atoms with van der Waals surface area (Å²) in [5.41, 5.74) is 3.62. The van der Waals surface area contributed by atoms with Crippen LogP contribution in [0.4, 0.5) is 40.8 Å². The van der Waals surface area contributed by atoms with Crippen molar-refractivity contribution in [2.75, 3.05) is 47.4 Å². The number of likely N-dealkylation sites (tertiary alicyclic amines) is 4. The van der Waals surface area contributed by atoms with Crippen LogP contribution in [0.5, 0.6) is 0 Å². The van der Waals surface area contributed by atoms with E-state index in [9.17, 15) is 76.3 Å². The van der Waals surface area contributed by atoms with Gasteiger partial charge in [-0.15, -0.1) is 45.3 Å². The van der Waals surface area contributed by atoms with Crippen molar-refractivity contribution < 1.29 is 76.3 Å². The number of aliphatic hydroxyl groups excluding tert-OH is 1. The van der Waals surface area contributed by atoms with Crippen molar-refractivity contribution in [3.63, 3.8) is 0 Å². The van der Waals surface area contributed by atoms with Crippen molar-refractivity contribution in [3.8, 4) is 41.8 Å². The molecule has 8 atom stereocenters. The first-order valence-corrected chi connectivity index (χ1v) is 53.2. The van der Waals surface area contributed by atoms with Crippen LogP contribution in [0.3, 0.4) is 0 Å². The second-order valence-corrected chi connectivity index (χ2v) is 47.7. The van der Waals surface area contributed by atoms with Crippen LogP contribution >= 0.6 is 45.3 Å². The molecule has 9 aliphatic rings. The number of aromatic nitrogens is 8. The molecule has 17 rings (SSSR count). The number of amides is 8. The molecular weight excluding hydrogens is 1910 g/mol. The second kappa shape index (κ2) is 42.6. The van der Waals surface area contributed by atoms with E-state index in [1.54, 1.807) is 101 Å². The molecule has 8 amide bonds. The number of anilines is 4. The van der Waals surface area contributed by atoms with Crippen LogP contribution in [0.25, 0.3) is 41.8 Å². The number of hydrogen-bond donors (Lipinski definition) is 12. The van der Waals surface area contributed by atoms with Crippen LogP contribution in [0.2, 0.25) is 0 Å². The number of alkyl halides is 4. The number of nitrogens with one attached hydrogen (secondary N) is 8. The van der Waals surface area contributed by atoms with E-state index in [2.05, 4.69) is 117 Å². The molecule has 0 radical (unpaired) electrons. The molecule has 8 aromatic heterocycles. The molecule has 32 nitrogen and oxygen atoms in total. The standard InChI is InChI=1S/2C26H35F2N5O3S.C26H37N5O3S.C25H33N5O3S/c2*1-14-10-18(32-25(6)8-7-9-25)29-12-17(14)20-19(23(35)33-13-26(27,28)11-15(33)2)31-22(37-20)21(34)30-16(3)24(4,5)36;1-15-13-19(30-26(6)10-8-11-26)27-14-18(15)21-20(24(33)31-12-7-9-16(31)2)29-23(35-21)22(32)28-17(3)25(4,5)34;1-13-9-20(27-15(3)16-6-7-16)26-12-19(13)22-21(25(33)30-8-4-5-14(30)2)29-24(34-22)23(32)28-17-10-18(31)11-17/h2*10,12,15-16,36H,7-9,11,13H2,1-6H3,(H,29,32)(H,30,34);13-14,16-17,34H,7-12H2,1-6H3,(H,27,30)(H,28,32);9,12,14-18,31H,4-8,10-11H2,1-3H3,(H,26,27)(H,28,32)/t15-,16+;15-,16-;16-,17+;14-,15-,17?,18?/m0000/s1. The first-order valence-electron chi connectivity index (χ1n) is 50.0. The minimum atomic E-state index is -2.98. The topological polar surface area (TPSA) is 430 Å². The van der Waals surface area contributed by atoms with E-state index in [0.29, 0.717) is 91.5 Å². The highest BCUT2D eigenvalue weighted by Gasteiger charge is 2.50. The van der Waals surface area contributed by atoms with E-state index in [-0.39, 0.29) is 90.0 Å². The molecular formula is C103H140F4N20O12S4. The third-order valence-corrected chi connectivity index (χ3v) is 34.1. The molecule has 0 unspecified atom stereocenters. The zero-order valence-corrected chi connectivity index (χ0v) is 89.1. The summed E-state index contributed by atoms with van der Waals surface area (Å²) in [4.78, 5) is 150. The smallest absolute Gasteiger partial charge is 0.280 e. The summed E-state index contributed by atoms with van der Waals surface area (Å²) in [5.74, 6) is -5.54. The lowest BCUT2D eigenvalue weighted by molar-refractivity contribution is 0.0115. The van der Waals surface area contributed by atoms with Crippen LogP contribution in [0.1, 0.15) is 343 Å². The largest absolute Gasteiger partial charge is 0.393 e.